The molecule has 0 aliphatic rings. The van der Waals surface area contributed by atoms with E-state index in [1.807, 2.05) is 31.2 Å². The SMILES string of the molecule is CCN(C(=O)Cc1ccncc1)c1sc(-c2cccnc2)nc1Cl. The van der Waals surface area contributed by atoms with E-state index in [1.54, 1.807) is 29.7 Å². The molecule has 5 nitrogen and oxygen atoms in total. The van der Waals surface area contributed by atoms with E-state index in [9.17, 15) is 4.79 Å². The van der Waals surface area contributed by atoms with E-state index in [0.717, 1.165) is 16.1 Å². The lowest BCUT2D eigenvalue weighted by molar-refractivity contribution is -0.117. The first-order valence-corrected chi connectivity index (χ1v) is 8.64. The van der Waals surface area contributed by atoms with Gasteiger partial charge in [0.1, 0.15) is 10.0 Å². The summed E-state index contributed by atoms with van der Waals surface area (Å²) in [6.45, 7) is 2.45. The minimum absolute atomic E-state index is 0.0213. The highest BCUT2D eigenvalue weighted by atomic mass is 35.5. The monoisotopic (exact) mass is 358 g/mol. The van der Waals surface area contributed by atoms with Crippen molar-refractivity contribution in [1.82, 2.24) is 15.0 Å². The van der Waals surface area contributed by atoms with E-state index in [0.29, 0.717) is 23.1 Å². The topological polar surface area (TPSA) is 59.0 Å². The number of nitrogens with zero attached hydrogens (tertiary/aromatic N) is 4. The summed E-state index contributed by atoms with van der Waals surface area (Å²) in [5, 5.41) is 1.75. The van der Waals surface area contributed by atoms with E-state index < -0.39 is 0 Å². The van der Waals surface area contributed by atoms with Crippen LogP contribution in [0.4, 0.5) is 5.00 Å². The number of hydrogen-bond acceptors (Lipinski definition) is 5. The Bertz CT molecular complexity index is 823. The maximum Gasteiger partial charge on any atom is 0.232 e. The highest BCUT2D eigenvalue weighted by molar-refractivity contribution is 7.19. The zero-order chi connectivity index (χ0) is 16.9. The average molecular weight is 359 g/mol. The van der Waals surface area contributed by atoms with E-state index in [2.05, 4.69) is 15.0 Å². The number of hydrogen-bond donors (Lipinski definition) is 0. The maximum absolute atomic E-state index is 12.7. The minimum atomic E-state index is -0.0213. The molecule has 0 atom stereocenters. The Hall–Kier alpha value is -2.31. The van der Waals surface area contributed by atoms with E-state index >= 15 is 0 Å². The van der Waals surface area contributed by atoms with Crippen molar-refractivity contribution in [3.8, 4) is 10.6 Å². The number of amides is 1. The number of halogens is 1. The smallest absolute Gasteiger partial charge is 0.232 e. The Labute approximate surface area is 149 Å². The second-order valence-corrected chi connectivity index (χ2v) is 6.36. The molecule has 1 amide bonds. The van der Waals surface area contributed by atoms with Crippen LogP contribution in [-0.2, 0) is 11.2 Å². The van der Waals surface area contributed by atoms with E-state index in [4.69, 9.17) is 11.6 Å². The Balaban J connectivity index is 1.86. The van der Waals surface area contributed by atoms with E-state index in [1.165, 1.54) is 11.3 Å². The number of rotatable bonds is 5. The van der Waals surface area contributed by atoms with Crippen molar-refractivity contribution in [1.29, 1.82) is 0 Å². The quantitative estimate of drug-likeness (QED) is 0.695. The van der Waals surface area contributed by atoms with Gasteiger partial charge in [-0.05, 0) is 36.8 Å². The van der Waals surface area contributed by atoms with Crippen molar-refractivity contribution < 1.29 is 4.79 Å². The average Bonchev–Trinajstić information content (AvgIpc) is 2.99. The zero-order valence-electron chi connectivity index (χ0n) is 13.0. The summed E-state index contributed by atoms with van der Waals surface area (Å²) >= 11 is 7.68. The molecule has 24 heavy (non-hydrogen) atoms. The van der Waals surface area contributed by atoms with Gasteiger partial charge in [0.15, 0.2) is 5.15 Å². The summed E-state index contributed by atoms with van der Waals surface area (Å²) in [7, 11) is 0. The summed E-state index contributed by atoms with van der Waals surface area (Å²) in [5.41, 5.74) is 1.80. The first-order valence-electron chi connectivity index (χ1n) is 7.45. The largest absolute Gasteiger partial charge is 0.301 e. The Kier molecular flexibility index (Phi) is 5.17. The third-order valence-corrected chi connectivity index (χ3v) is 4.95. The lowest BCUT2D eigenvalue weighted by atomic mass is 10.2. The van der Waals surface area contributed by atoms with Crippen LogP contribution in [0.3, 0.4) is 0 Å². The van der Waals surface area contributed by atoms with E-state index in [-0.39, 0.29) is 5.91 Å². The van der Waals surface area contributed by atoms with Crippen LogP contribution < -0.4 is 4.90 Å². The van der Waals surface area contributed by atoms with Crippen molar-refractivity contribution in [2.45, 2.75) is 13.3 Å². The molecular weight excluding hydrogens is 344 g/mol. The Morgan fingerprint density at radius 2 is 2.00 bits per heavy atom. The van der Waals surface area contributed by atoms with Gasteiger partial charge in [0.25, 0.3) is 0 Å². The molecule has 3 heterocycles. The van der Waals surface area contributed by atoms with Gasteiger partial charge >= 0.3 is 0 Å². The molecule has 0 N–H and O–H groups in total. The second-order valence-electron chi connectivity index (χ2n) is 5.03. The number of carbonyl (C=O) groups is 1. The summed E-state index contributed by atoms with van der Waals surface area (Å²) in [4.78, 5) is 26.8. The highest BCUT2D eigenvalue weighted by Crippen LogP contribution is 2.37. The lowest BCUT2D eigenvalue weighted by Gasteiger charge is -2.19. The summed E-state index contributed by atoms with van der Waals surface area (Å²) in [5.74, 6) is -0.0213. The maximum atomic E-state index is 12.7. The summed E-state index contributed by atoms with van der Waals surface area (Å²) in [6.07, 6.45) is 7.09. The predicted octanol–water partition coefficient (Wildman–Crippen LogP) is 3.85. The van der Waals surface area contributed by atoms with Crippen molar-refractivity contribution in [2.24, 2.45) is 0 Å². The Morgan fingerprint density at radius 1 is 1.21 bits per heavy atom. The van der Waals surface area contributed by atoms with Gasteiger partial charge in [-0.25, -0.2) is 4.98 Å². The second kappa shape index (κ2) is 7.51. The summed E-state index contributed by atoms with van der Waals surface area (Å²) in [6, 6.07) is 7.43. The molecule has 0 radical (unpaired) electrons. The van der Waals surface area contributed by atoms with Crippen molar-refractivity contribution >= 4 is 33.8 Å². The van der Waals surface area contributed by atoms with Crippen molar-refractivity contribution in [2.75, 3.05) is 11.4 Å². The zero-order valence-corrected chi connectivity index (χ0v) is 14.6. The number of carbonyl (C=O) groups excluding carboxylic acids is 1. The van der Waals surface area contributed by atoms with Crippen LogP contribution in [0.5, 0.6) is 0 Å². The molecule has 0 saturated heterocycles. The van der Waals surface area contributed by atoms with Gasteiger partial charge in [-0.1, -0.05) is 22.9 Å². The predicted molar refractivity (Wildman–Crippen MR) is 96.3 cm³/mol. The minimum Gasteiger partial charge on any atom is -0.301 e. The fraction of sp³-hybridized carbons (Fsp3) is 0.176. The fourth-order valence-corrected chi connectivity index (χ4v) is 3.66. The van der Waals surface area contributed by atoms with Gasteiger partial charge in [0.2, 0.25) is 5.91 Å². The molecular formula is C17H15ClN4OS. The van der Waals surface area contributed by atoms with Gasteiger partial charge in [0.05, 0.1) is 6.42 Å². The molecule has 3 rings (SSSR count). The number of thiazole rings is 1. The van der Waals surface area contributed by atoms with Gasteiger partial charge in [-0.15, -0.1) is 0 Å². The van der Waals surface area contributed by atoms with Gasteiger partial charge < -0.3 is 4.90 Å². The molecule has 7 heteroatoms. The van der Waals surface area contributed by atoms with Gasteiger partial charge in [-0.3, -0.25) is 14.8 Å². The van der Waals surface area contributed by atoms with Crippen LogP contribution in [0, 0.1) is 0 Å². The Morgan fingerprint density at radius 3 is 2.67 bits per heavy atom. The number of aromatic nitrogens is 3. The molecule has 0 bridgehead atoms. The standard InChI is InChI=1S/C17H15ClN4OS/c1-2-22(14(23)10-12-5-8-19-9-6-12)17-15(18)21-16(24-17)13-4-3-7-20-11-13/h3-9,11H,2,10H2,1H3. The van der Waals surface area contributed by atoms with Crippen LogP contribution in [0.15, 0.2) is 49.1 Å². The molecule has 3 aromatic heterocycles. The normalized spacial score (nSPS) is 10.6. The van der Waals surface area contributed by atoms with Crippen LogP contribution >= 0.6 is 22.9 Å². The molecule has 122 valence electrons. The number of likely N-dealkylation sites (N-methyl/N-ethyl adjacent to an activating group) is 1. The molecule has 0 unspecified atom stereocenters. The molecule has 0 aliphatic carbocycles. The summed E-state index contributed by atoms with van der Waals surface area (Å²) < 4.78 is 0. The van der Waals surface area contributed by atoms with Gasteiger partial charge in [-0.2, -0.15) is 0 Å². The van der Waals surface area contributed by atoms with Crippen molar-refractivity contribution in [3.05, 3.63) is 59.8 Å². The van der Waals surface area contributed by atoms with Crippen LogP contribution in [0.25, 0.3) is 10.6 Å². The third-order valence-electron chi connectivity index (χ3n) is 3.45. The van der Waals surface area contributed by atoms with Crippen LogP contribution in [-0.4, -0.2) is 27.4 Å². The molecule has 0 fully saturated rings. The van der Waals surface area contributed by atoms with Crippen LogP contribution in [0.2, 0.25) is 5.15 Å². The number of pyridine rings is 2. The van der Waals surface area contributed by atoms with Crippen LogP contribution in [0.1, 0.15) is 12.5 Å². The van der Waals surface area contributed by atoms with Gasteiger partial charge in [0, 0.05) is 36.9 Å². The molecule has 0 aromatic carbocycles. The first-order chi connectivity index (χ1) is 11.7. The molecule has 3 aromatic rings. The molecule has 0 spiro atoms. The first kappa shape index (κ1) is 16.5. The van der Waals surface area contributed by atoms with Crippen molar-refractivity contribution in [3.63, 3.8) is 0 Å². The molecule has 0 saturated carbocycles. The highest BCUT2D eigenvalue weighted by Gasteiger charge is 2.21. The molecule has 0 aliphatic heterocycles. The fourth-order valence-electron chi connectivity index (χ4n) is 2.28. The number of anilines is 1. The third kappa shape index (κ3) is 3.60. The lowest BCUT2D eigenvalue weighted by Crippen LogP contribution is -2.31.